The quantitative estimate of drug-likeness (QED) is 0.120. The Labute approximate surface area is 250 Å². The number of aromatic nitrogens is 1. The van der Waals surface area contributed by atoms with Crippen LogP contribution in [0.3, 0.4) is 0 Å². The zero-order valence-electron chi connectivity index (χ0n) is 24.0. The van der Waals surface area contributed by atoms with Crippen LogP contribution in [-0.2, 0) is 6.42 Å². The predicted octanol–water partition coefficient (Wildman–Crippen LogP) is 9.92. The highest BCUT2D eigenvalue weighted by Gasteiger charge is 2.17. The molecule has 2 N–H and O–H groups in total. The lowest BCUT2D eigenvalue weighted by atomic mass is 10.00. The van der Waals surface area contributed by atoms with Gasteiger partial charge in [0.05, 0.1) is 16.7 Å². The molecule has 2 aromatic heterocycles. The van der Waals surface area contributed by atoms with E-state index in [1.807, 2.05) is 55.5 Å². The molecular formula is C39H31N3O. The number of furan rings is 1. The third-order valence-corrected chi connectivity index (χ3v) is 7.98. The van der Waals surface area contributed by atoms with Crippen LogP contribution in [0.1, 0.15) is 23.6 Å². The summed E-state index contributed by atoms with van der Waals surface area (Å²) in [6, 6.07) is 37.4. The highest BCUT2D eigenvalue weighted by molar-refractivity contribution is 6.13. The largest absolute Gasteiger partial charge is 0.456 e. The van der Waals surface area contributed by atoms with Crippen LogP contribution in [0.2, 0.25) is 0 Å². The second-order valence-electron chi connectivity index (χ2n) is 10.6. The molecule has 7 aromatic rings. The van der Waals surface area contributed by atoms with Gasteiger partial charge in [0.15, 0.2) is 0 Å². The number of amidine groups is 1. The van der Waals surface area contributed by atoms with Gasteiger partial charge in [-0.25, -0.2) is 4.99 Å². The van der Waals surface area contributed by atoms with Gasteiger partial charge in [-0.3, -0.25) is 0 Å². The summed E-state index contributed by atoms with van der Waals surface area (Å²) in [5.41, 5.74) is 15.6. The number of benzene rings is 5. The van der Waals surface area contributed by atoms with Crippen molar-refractivity contribution in [3.05, 3.63) is 157 Å². The van der Waals surface area contributed by atoms with Crippen LogP contribution in [0.5, 0.6) is 0 Å². The second-order valence-corrected chi connectivity index (χ2v) is 10.6. The topological polar surface area (TPSA) is 56.5 Å². The van der Waals surface area contributed by atoms with Crippen LogP contribution in [0, 0.1) is 0 Å². The van der Waals surface area contributed by atoms with Crippen LogP contribution in [0.4, 0.5) is 5.69 Å². The molecule has 43 heavy (non-hydrogen) atoms. The Hall–Kier alpha value is -5.61. The van der Waals surface area contributed by atoms with Gasteiger partial charge in [0.1, 0.15) is 17.0 Å². The van der Waals surface area contributed by atoms with Crippen molar-refractivity contribution in [2.75, 3.05) is 0 Å². The fraction of sp³-hybridized carbons (Fsp3) is 0.0513. The van der Waals surface area contributed by atoms with Crippen LogP contribution in [-0.4, -0.2) is 10.4 Å². The molecule has 4 heteroatoms. The number of rotatable bonds is 7. The van der Waals surface area contributed by atoms with Gasteiger partial charge in [-0.1, -0.05) is 85.5 Å². The molecule has 0 bridgehead atoms. The van der Waals surface area contributed by atoms with Gasteiger partial charge in [0, 0.05) is 44.8 Å². The number of nitrogens with two attached hydrogens (primary N) is 1. The second kappa shape index (κ2) is 11.0. The molecule has 208 valence electrons. The molecule has 0 radical (unpaired) electrons. The van der Waals surface area contributed by atoms with Crippen LogP contribution in [0.25, 0.3) is 49.4 Å². The number of para-hydroxylation sites is 2. The molecule has 0 aliphatic rings. The first-order valence-electron chi connectivity index (χ1n) is 14.5. The molecule has 0 saturated heterocycles. The average Bonchev–Trinajstić information content (AvgIpc) is 3.59. The Morgan fingerprint density at radius 3 is 2.37 bits per heavy atom. The van der Waals surface area contributed by atoms with Crippen molar-refractivity contribution in [2.45, 2.75) is 13.3 Å². The van der Waals surface area contributed by atoms with E-state index in [0.717, 1.165) is 66.3 Å². The predicted molar refractivity (Wildman–Crippen MR) is 182 cm³/mol. The Morgan fingerprint density at radius 1 is 0.814 bits per heavy atom. The molecule has 0 aliphatic carbocycles. The van der Waals surface area contributed by atoms with Gasteiger partial charge in [0.2, 0.25) is 0 Å². The van der Waals surface area contributed by atoms with Crippen LogP contribution >= 0.6 is 0 Å². The van der Waals surface area contributed by atoms with Crippen LogP contribution in [0.15, 0.2) is 149 Å². The molecule has 0 amide bonds. The summed E-state index contributed by atoms with van der Waals surface area (Å²) < 4.78 is 8.66. The number of aliphatic imine (C=N–C) groups is 1. The SMILES string of the molecule is C=C/C(=C\C=C/C)n1c2ccccc2c2cc(C(N)=Nc3ccc4c(oc5ccccc54)c3Cc3ccccc3)ccc21. The summed E-state index contributed by atoms with van der Waals surface area (Å²) in [6.07, 6.45) is 8.69. The van der Waals surface area contributed by atoms with E-state index in [-0.39, 0.29) is 0 Å². The van der Waals surface area contributed by atoms with Gasteiger partial charge in [-0.15, -0.1) is 0 Å². The highest BCUT2D eigenvalue weighted by atomic mass is 16.3. The molecule has 0 atom stereocenters. The molecule has 4 nitrogen and oxygen atoms in total. The van der Waals surface area contributed by atoms with Gasteiger partial charge in [-0.2, -0.15) is 0 Å². The Bertz CT molecular complexity index is 2240. The Kier molecular flexibility index (Phi) is 6.72. The zero-order chi connectivity index (χ0) is 29.3. The minimum absolute atomic E-state index is 0.455. The van der Waals surface area contributed by atoms with E-state index < -0.39 is 0 Å². The standard InChI is InChI=1S/C39H31N3O/c1-3-5-15-28(4-2)42-35-18-11-9-16-29(35)32-25-27(20-23-36(32)42)39(40)41-34-22-21-31-30-17-10-12-19-37(30)43-38(31)33(34)24-26-13-7-6-8-14-26/h3-23,25H,2,24H2,1H3,(H2,40,41)/b5-3-,28-15+. The third-order valence-electron chi connectivity index (χ3n) is 7.98. The minimum atomic E-state index is 0.455. The monoisotopic (exact) mass is 557 g/mol. The summed E-state index contributed by atoms with van der Waals surface area (Å²) >= 11 is 0. The molecule has 0 unspecified atom stereocenters. The van der Waals surface area contributed by atoms with E-state index in [1.165, 1.54) is 5.56 Å². The molecule has 5 aromatic carbocycles. The van der Waals surface area contributed by atoms with E-state index in [9.17, 15) is 0 Å². The van der Waals surface area contributed by atoms with Crippen molar-refractivity contribution in [2.24, 2.45) is 10.7 Å². The lowest BCUT2D eigenvalue weighted by Crippen LogP contribution is -2.13. The molecular weight excluding hydrogens is 526 g/mol. The number of nitrogens with zero attached hydrogens (tertiary/aromatic N) is 2. The van der Waals surface area contributed by atoms with Crippen molar-refractivity contribution >= 4 is 61.0 Å². The first-order chi connectivity index (χ1) is 21.2. The highest BCUT2D eigenvalue weighted by Crippen LogP contribution is 2.37. The van der Waals surface area contributed by atoms with Crippen molar-refractivity contribution in [1.82, 2.24) is 4.57 Å². The lowest BCUT2D eigenvalue weighted by molar-refractivity contribution is 0.664. The molecule has 0 saturated carbocycles. The fourth-order valence-corrected chi connectivity index (χ4v) is 5.94. The van der Waals surface area contributed by atoms with E-state index >= 15 is 0 Å². The maximum Gasteiger partial charge on any atom is 0.141 e. The van der Waals surface area contributed by atoms with Crippen molar-refractivity contribution < 1.29 is 4.42 Å². The minimum Gasteiger partial charge on any atom is -0.456 e. The van der Waals surface area contributed by atoms with Crippen LogP contribution < -0.4 is 5.73 Å². The third kappa shape index (κ3) is 4.63. The van der Waals surface area contributed by atoms with Gasteiger partial charge in [-0.05, 0) is 67.1 Å². The molecule has 0 aliphatic heterocycles. The smallest absolute Gasteiger partial charge is 0.141 e. The number of fused-ring (bicyclic) bond motifs is 6. The number of hydrogen-bond donors (Lipinski definition) is 1. The van der Waals surface area contributed by atoms with Gasteiger partial charge in [0.25, 0.3) is 0 Å². The van der Waals surface area contributed by atoms with E-state index in [1.54, 1.807) is 0 Å². The maximum absolute atomic E-state index is 6.78. The van der Waals surface area contributed by atoms with Gasteiger partial charge < -0.3 is 14.7 Å². The summed E-state index contributed by atoms with van der Waals surface area (Å²) in [5, 5.41) is 4.43. The van der Waals surface area contributed by atoms with E-state index in [2.05, 4.69) is 96.1 Å². The van der Waals surface area contributed by atoms with E-state index in [0.29, 0.717) is 12.3 Å². The van der Waals surface area contributed by atoms with Crippen molar-refractivity contribution in [1.29, 1.82) is 0 Å². The van der Waals surface area contributed by atoms with Gasteiger partial charge >= 0.3 is 0 Å². The Morgan fingerprint density at radius 2 is 1.56 bits per heavy atom. The molecule has 0 fully saturated rings. The zero-order valence-corrected chi connectivity index (χ0v) is 24.0. The number of hydrogen-bond acceptors (Lipinski definition) is 2. The molecule has 2 heterocycles. The summed E-state index contributed by atoms with van der Waals surface area (Å²) in [7, 11) is 0. The van der Waals surface area contributed by atoms with E-state index in [4.69, 9.17) is 15.1 Å². The van der Waals surface area contributed by atoms with Crippen molar-refractivity contribution in [3.8, 4) is 0 Å². The maximum atomic E-state index is 6.78. The Balaban J connectivity index is 1.39. The first-order valence-corrected chi connectivity index (χ1v) is 14.5. The molecule has 7 rings (SSSR count). The summed E-state index contributed by atoms with van der Waals surface area (Å²) in [4.78, 5) is 5.02. The molecule has 0 spiro atoms. The van der Waals surface area contributed by atoms with Crippen molar-refractivity contribution in [3.63, 3.8) is 0 Å². The summed E-state index contributed by atoms with van der Waals surface area (Å²) in [6.45, 7) is 6.09. The summed E-state index contributed by atoms with van der Waals surface area (Å²) in [5.74, 6) is 0.455. The number of allylic oxidation sites excluding steroid dienone is 5. The normalized spacial score (nSPS) is 12.8. The fourth-order valence-electron chi connectivity index (χ4n) is 5.94. The first kappa shape index (κ1) is 26.3. The lowest BCUT2D eigenvalue weighted by Gasteiger charge is -2.10. The average molecular weight is 558 g/mol.